The predicted molar refractivity (Wildman–Crippen MR) is 123 cm³/mol. The molecule has 1 aliphatic heterocycles. The van der Waals surface area contributed by atoms with Gasteiger partial charge in [0.05, 0.1) is 18.3 Å². The van der Waals surface area contributed by atoms with Crippen molar-refractivity contribution in [1.82, 2.24) is 14.8 Å². The van der Waals surface area contributed by atoms with Gasteiger partial charge in [-0.25, -0.2) is 4.79 Å². The predicted octanol–water partition coefficient (Wildman–Crippen LogP) is 5.08. The number of hydrogen-bond donors (Lipinski definition) is 1. The van der Waals surface area contributed by atoms with E-state index in [-0.39, 0.29) is 12.1 Å². The van der Waals surface area contributed by atoms with Crippen LogP contribution in [0.15, 0.2) is 66.9 Å². The molecule has 0 radical (unpaired) electrons. The Morgan fingerprint density at radius 2 is 1.87 bits per heavy atom. The van der Waals surface area contributed by atoms with Crippen LogP contribution in [0.4, 0.5) is 4.79 Å². The molecule has 31 heavy (non-hydrogen) atoms. The summed E-state index contributed by atoms with van der Waals surface area (Å²) in [6.45, 7) is 6.64. The fourth-order valence-corrected chi connectivity index (χ4v) is 4.24. The molecule has 1 N–H and O–H groups in total. The summed E-state index contributed by atoms with van der Waals surface area (Å²) in [5.41, 5.74) is 5.78. The Labute approximate surface area is 184 Å². The van der Waals surface area contributed by atoms with E-state index in [4.69, 9.17) is 4.74 Å². The van der Waals surface area contributed by atoms with Crippen molar-refractivity contribution < 1.29 is 9.53 Å². The number of rotatable bonds is 7. The van der Waals surface area contributed by atoms with E-state index in [0.29, 0.717) is 26.3 Å². The van der Waals surface area contributed by atoms with Crippen molar-refractivity contribution in [2.45, 2.75) is 39.3 Å². The lowest BCUT2D eigenvalue weighted by atomic mass is 10.00. The molecule has 1 aliphatic rings. The number of urea groups is 1. The molecule has 1 aromatic heterocycles. The second kappa shape index (κ2) is 9.84. The third-order valence-electron chi connectivity index (χ3n) is 5.87. The number of nitrogens with zero attached hydrogens (tertiary/aromatic N) is 2. The number of fused-ring (bicyclic) bond motifs is 3. The third kappa shape index (κ3) is 4.52. The van der Waals surface area contributed by atoms with Gasteiger partial charge in [-0.05, 0) is 54.7 Å². The van der Waals surface area contributed by atoms with E-state index >= 15 is 0 Å². The molecule has 0 aliphatic carbocycles. The summed E-state index contributed by atoms with van der Waals surface area (Å²) >= 11 is 0. The van der Waals surface area contributed by atoms with Crippen LogP contribution in [-0.2, 0) is 17.7 Å². The number of ether oxygens (including phenoxy) is 1. The van der Waals surface area contributed by atoms with Crippen LogP contribution in [0.2, 0.25) is 0 Å². The second-order valence-corrected chi connectivity index (χ2v) is 7.84. The molecule has 5 heteroatoms. The van der Waals surface area contributed by atoms with Gasteiger partial charge in [-0.15, -0.1) is 0 Å². The van der Waals surface area contributed by atoms with Gasteiger partial charge in [-0.3, -0.25) is 0 Å². The molecule has 0 saturated carbocycles. The summed E-state index contributed by atoms with van der Waals surface area (Å²) in [6.07, 6.45) is 3.89. The first-order valence-electron chi connectivity index (χ1n) is 11.2. The lowest BCUT2D eigenvalue weighted by Gasteiger charge is -2.31. The van der Waals surface area contributed by atoms with E-state index in [1.807, 2.05) is 17.9 Å². The normalized spacial score (nSPS) is 15.2. The van der Waals surface area contributed by atoms with Gasteiger partial charge in [-0.1, -0.05) is 49.4 Å². The van der Waals surface area contributed by atoms with Gasteiger partial charge in [0.1, 0.15) is 0 Å². The molecule has 0 bridgehead atoms. The Balaban J connectivity index is 1.70. The summed E-state index contributed by atoms with van der Waals surface area (Å²) in [5.74, 6) is 0. The summed E-state index contributed by atoms with van der Waals surface area (Å²) in [5, 5.41) is 3.11. The van der Waals surface area contributed by atoms with Gasteiger partial charge in [0, 0.05) is 31.6 Å². The zero-order valence-electron chi connectivity index (χ0n) is 18.4. The largest absolute Gasteiger partial charge is 0.382 e. The molecule has 162 valence electrons. The molecule has 0 saturated heterocycles. The monoisotopic (exact) mass is 417 g/mol. The van der Waals surface area contributed by atoms with Crippen LogP contribution in [0.5, 0.6) is 0 Å². The number of benzene rings is 2. The highest BCUT2D eigenvalue weighted by atomic mass is 16.5. The molecule has 5 nitrogen and oxygen atoms in total. The molecule has 0 fully saturated rings. The Kier molecular flexibility index (Phi) is 6.73. The standard InChI is InChI=1S/C26H31N3O2/c1-3-20-12-14-21(15-13-20)25-24-11-7-17-28(24)23-10-6-5-9-22(23)19-29(25)26(30)27-16-8-18-31-4-2/h5-7,9-15,17,25H,3-4,8,16,18-19H2,1-2H3,(H,27,30)/t25-/m1/s1. The molecule has 2 amide bonds. The SMILES string of the molecule is CCOCCCNC(=O)N1Cc2ccccc2-n2cccc2[C@H]1c1ccc(CC)cc1. The maximum Gasteiger partial charge on any atom is 0.318 e. The van der Waals surface area contributed by atoms with Gasteiger partial charge >= 0.3 is 6.03 Å². The molecule has 2 heterocycles. The molecule has 0 spiro atoms. The van der Waals surface area contributed by atoms with Gasteiger partial charge < -0.3 is 19.5 Å². The topological polar surface area (TPSA) is 46.5 Å². The first-order chi connectivity index (χ1) is 15.2. The van der Waals surface area contributed by atoms with Crippen molar-refractivity contribution >= 4 is 6.03 Å². The maximum absolute atomic E-state index is 13.4. The van der Waals surface area contributed by atoms with E-state index in [9.17, 15) is 4.79 Å². The van der Waals surface area contributed by atoms with Gasteiger partial charge in [0.2, 0.25) is 0 Å². The van der Waals surface area contributed by atoms with Crippen LogP contribution in [0.25, 0.3) is 5.69 Å². The number of amides is 2. The summed E-state index contributed by atoms with van der Waals surface area (Å²) < 4.78 is 7.63. The molecule has 1 atom stereocenters. The summed E-state index contributed by atoms with van der Waals surface area (Å²) in [7, 11) is 0. The average Bonchev–Trinajstić information content (AvgIpc) is 3.23. The van der Waals surface area contributed by atoms with Gasteiger partial charge in [0.25, 0.3) is 0 Å². The number of carbonyl (C=O) groups is 1. The van der Waals surface area contributed by atoms with Crippen LogP contribution in [-0.4, -0.2) is 35.3 Å². The Morgan fingerprint density at radius 3 is 2.65 bits per heavy atom. The Morgan fingerprint density at radius 1 is 1.06 bits per heavy atom. The highest BCUT2D eigenvalue weighted by Gasteiger charge is 2.32. The minimum atomic E-state index is -0.166. The number of hydrogen-bond acceptors (Lipinski definition) is 2. The molecule has 3 aromatic rings. The van der Waals surface area contributed by atoms with Crippen molar-refractivity contribution in [3.8, 4) is 5.69 Å². The van der Waals surface area contributed by atoms with E-state index < -0.39 is 0 Å². The number of nitrogens with one attached hydrogen (secondary N) is 1. The molecule has 0 unspecified atom stereocenters. The fourth-order valence-electron chi connectivity index (χ4n) is 4.24. The molecular formula is C26H31N3O2. The van der Waals surface area contributed by atoms with Crippen molar-refractivity contribution in [2.75, 3.05) is 19.8 Å². The number of aromatic nitrogens is 1. The summed E-state index contributed by atoms with van der Waals surface area (Å²) in [4.78, 5) is 15.4. The van der Waals surface area contributed by atoms with E-state index in [1.54, 1.807) is 0 Å². The van der Waals surface area contributed by atoms with E-state index in [1.165, 1.54) is 5.56 Å². The van der Waals surface area contributed by atoms with Crippen LogP contribution in [0.3, 0.4) is 0 Å². The van der Waals surface area contributed by atoms with Gasteiger partial charge in [-0.2, -0.15) is 0 Å². The number of para-hydroxylation sites is 1. The Hall–Kier alpha value is -3.05. The lowest BCUT2D eigenvalue weighted by molar-refractivity contribution is 0.143. The van der Waals surface area contributed by atoms with Crippen LogP contribution in [0.1, 0.15) is 48.7 Å². The minimum Gasteiger partial charge on any atom is -0.382 e. The van der Waals surface area contributed by atoms with Crippen molar-refractivity contribution in [2.24, 2.45) is 0 Å². The number of carbonyl (C=O) groups excluding carboxylic acids is 1. The average molecular weight is 418 g/mol. The van der Waals surface area contributed by atoms with Crippen molar-refractivity contribution in [3.63, 3.8) is 0 Å². The molecule has 4 rings (SSSR count). The van der Waals surface area contributed by atoms with Crippen LogP contribution >= 0.6 is 0 Å². The lowest BCUT2D eigenvalue weighted by Crippen LogP contribution is -2.42. The second-order valence-electron chi connectivity index (χ2n) is 7.84. The van der Waals surface area contributed by atoms with Crippen molar-refractivity contribution in [3.05, 3.63) is 89.2 Å². The first-order valence-corrected chi connectivity index (χ1v) is 11.2. The maximum atomic E-state index is 13.4. The fraction of sp³-hybridized carbons (Fsp3) is 0.346. The number of aryl methyl sites for hydroxylation is 1. The van der Waals surface area contributed by atoms with Crippen LogP contribution < -0.4 is 5.32 Å². The minimum absolute atomic E-state index is 0.0504. The smallest absolute Gasteiger partial charge is 0.318 e. The van der Waals surface area contributed by atoms with Crippen LogP contribution in [0, 0.1) is 0 Å². The molecule has 2 aromatic carbocycles. The highest BCUT2D eigenvalue weighted by Crippen LogP contribution is 2.36. The van der Waals surface area contributed by atoms with Gasteiger partial charge in [0.15, 0.2) is 0 Å². The zero-order chi connectivity index (χ0) is 21.6. The van der Waals surface area contributed by atoms with Crippen molar-refractivity contribution in [1.29, 1.82) is 0 Å². The Bertz CT molecular complexity index is 1010. The third-order valence-corrected chi connectivity index (χ3v) is 5.87. The van der Waals surface area contributed by atoms with E-state index in [0.717, 1.165) is 35.3 Å². The summed E-state index contributed by atoms with van der Waals surface area (Å²) in [6, 6.07) is 20.9. The molecular weight excluding hydrogens is 386 g/mol. The van der Waals surface area contributed by atoms with E-state index in [2.05, 4.69) is 77.6 Å². The first kappa shape index (κ1) is 21.2. The zero-order valence-corrected chi connectivity index (χ0v) is 18.4. The quantitative estimate of drug-likeness (QED) is 0.545. The highest BCUT2D eigenvalue weighted by molar-refractivity contribution is 5.76.